The highest BCUT2D eigenvalue weighted by molar-refractivity contribution is 5.97. The second kappa shape index (κ2) is 5.29. The summed E-state index contributed by atoms with van der Waals surface area (Å²) in [5.74, 6) is -0.0314. The molecule has 1 amide bonds. The summed E-state index contributed by atoms with van der Waals surface area (Å²) in [6.45, 7) is 2.02. The highest BCUT2D eigenvalue weighted by atomic mass is 16.2. The van der Waals surface area contributed by atoms with Crippen molar-refractivity contribution in [3.8, 4) is 0 Å². The van der Waals surface area contributed by atoms with Gasteiger partial charge in [0.15, 0.2) is 0 Å². The number of allylic oxidation sites excluding steroid dienone is 4. The third-order valence-electron chi connectivity index (χ3n) is 3.54. The number of aryl methyl sites for hydroxylation is 1. The Kier molecular flexibility index (Phi) is 3.33. The van der Waals surface area contributed by atoms with Gasteiger partial charge in [-0.2, -0.15) is 0 Å². The molecule has 0 radical (unpaired) electrons. The Labute approximate surface area is 118 Å². The van der Waals surface area contributed by atoms with Gasteiger partial charge in [-0.25, -0.2) is 0 Å². The lowest BCUT2D eigenvalue weighted by atomic mass is 9.86. The van der Waals surface area contributed by atoms with E-state index in [9.17, 15) is 4.79 Å². The molecule has 3 rings (SSSR count). The van der Waals surface area contributed by atoms with Crippen molar-refractivity contribution in [3.63, 3.8) is 0 Å². The summed E-state index contributed by atoms with van der Waals surface area (Å²) >= 11 is 0. The summed E-state index contributed by atoms with van der Waals surface area (Å²) < 4.78 is 0. The third-order valence-corrected chi connectivity index (χ3v) is 3.54. The van der Waals surface area contributed by atoms with Crippen LogP contribution in [0.1, 0.15) is 5.56 Å². The molecule has 3 nitrogen and oxygen atoms in total. The van der Waals surface area contributed by atoms with Crippen LogP contribution in [0, 0.1) is 12.8 Å². The van der Waals surface area contributed by atoms with Gasteiger partial charge in [0, 0.05) is 17.8 Å². The van der Waals surface area contributed by atoms with E-state index in [2.05, 4.69) is 10.3 Å². The molecular formula is C17H16N2O. The molecule has 2 atom stereocenters. The van der Waals surface area contributed by atoms with Crippen LogP contribution in [-0.2, 0) is 4.79 Å². The van der Waals surface area contributed by atoms with Gasteiger partial charge >= 0.3 is 0 Å². The van der Waals surface area contributed by atoms with Crippen molar-refractivity contribution in [2.45, 2.75) is 13.0 Å². The predicted octanol–water partition coefficient (Wildman–Crippen LogP) is 3.06. The molecule has 0 fully saturated rings. The van der Waals surface area contributed by atoms with Gasteiger partial charge in [-0.15, -0.1) is 0 Å². The van der Waals surface area contributed by atoms with E-state index >= 15 is 0 Å². The smallest absolute Gasteiger partial charge is 0.250 e. The first-order valence-corrected chi connectivity index (χ1v) is 6.70. The van der Waals surface area contributed by atoms with E-state index in [1.165, 1.54) is 5.56 Å². The number of nitrogens with one attached hydrogen (secondary N) is 1. The van der Waals surface area contributed by atoms with Crippen molar-refractivity contribution >= 4 is 17.8 Å². The van der Waals surface area contributed by atoms with Crippen LogP contribution >= 0.6 is 0 Å². The Balaban J connectivity index is 1.76. The van der Waals surface area contributed by atoms with Gasteiger partial charge in [-0.05, 0) is 30.7 Å². The largest absolute Gasteiger partial charge is 0.324 e. The zero-order chi connectivity index (χ0) is 13.9. The van der Waals surface area contributed by atoms with Gasteiger partial charge in [0.25, 0.3) is 0 Å². The average Bonchev–Trinajstić information content (AvgIpc) is 2.49. The molecule has 0 aromatic heterocycles. The molecule has 1 aliphatic heterocycles. The molecule has 1 aromatic carbocycles. The number of rotatable bonds is 2. The highest BCUT2D eigenvalue weighted by Crippen LogP contribution is 2.27. The fraction of sp³-hybridized carbons (Fsp3) is 0.176. The number of fused-ring (bicyclic) bond motifs is 1. The molecule has 1 aliphatic carbocycles. The molecule has 100 valence electrons. The monoisotopic (exact) mass is 264 g/mol. The summed E-state index contributed by atoms with van der Waals surface area (Å²) in [5, 5.41) is 2.93. The maximum Gasteiger partial charge on any atom is 0.250 e. The SMILES string of the molecule is Cc1ccc(NC(=O)C2N=CC=C3C=CC=CC32)cc1. The molecule has 0 saturated carbocycles. The van der Waals surface area contributed by atoms with Gasteiger partial charge in [0.1, 0.15) is 6.04 Å². The lowest BCUT2D eigenvalue weighted by Crippen LogP contribution is -2.35. The van der Waals surface area contributed by atoms with E-state index in [1.807, 2.05) is 61.6 Å². The summed E-state index contributed by atoms with van der Waals surface area (Å²) in [7, 11) is 0. The third kappa shape index (κ3) is 2.48. The molecule has 0 spiro atoms. The number of anilines is 1. The lowest BCUT2D eigenvalue weighted by molar-refractivity contribution is -0.117. The van der Waals surface area contributed by atoms with Crippen molar-refractivity contribution in [3.05, 3.63) is 65.8 Å². The van der Waals surface area contributed by atoms with E-state index < -0.39 is 6.04 Å². The van der Waals surface area contributed by atoms with E-state index in [0.29, 0.717) is 0 Å². The number of dihydropyridines is 1. The standard InChI is InChI=1S/C17H16N2O/c1-12-6-8-14(9-7-12)19-17(20)16-15-5-3-2-4-13(15)10-11-18-16/h2-11,15-16H,1H3,(H,19,20). The molecule has 0 bridgehead atoms. The topological polar surface area (TPSA) is 41.5 Å². The first kappa shape index (κ1) is 12.6. The number of amides is 1. The fourth-order valence-electron chi connectivity index (χ4n) is 2.43. The molecular weight excluding hydrogens is 248 g/mol. The van der Waals surface area contributed by atoms with Gasteiger partial charge in [0.05, 0.1) is 0 Å². The number of hydrogen-bond donors (Lipinski definition) is 1. The number of carbonyl (C=O) groups excluding carboxylic acids is 1. The van der Waals surface area contributed by atoms with Crippen LogP contribution in [0.15, 0.2) is 65.2 Å². The zero-order valence-corrected chi connectivity index (χ0v) is 11.3. The molecule has 2 unspecified atom stereocenters. The summed E-state index contributed by atoms with van der Waals surface area (Å²) in [4.78, 5) is 16.7. The van der Waals surface area contributed by atoms with E-state index in [1.54, 1.807) is 6.21 Å². The van der Waals surface area contributed by atoms with Crippen LogP contribution in [0.2, 0.25) is 0 Å². The van der Waals surface area contributed by atoms with Crippen LogP contribution < -0.4 is 5.32 Å². The summed E-state index contributed by atoms with van der Waals surface area (Å²) in [6.07, 6.45) is 11.7. The molecule has 2 aliphatic rings. The van der Waals surface area contributed by atoms with Crippen molar-refractivity contribution in [2.75, 3.05) is 5.32 Å². The maximum atomic E-state index is 12.4. The Bertz CT molecular complexity index is 635. The second-order valence-electron chi connectivity index (χ2n) is 5.03. The van der Waals surface area contributed by atoms with Gasteiger partial charge in [-0.3, -0.25) is 9.79 Å². The van der Waals surface area contributed by atoms with Crippen LogP contribution in [0.4, 0.5) is 5.69 Å². The molecule has 1 N–H and O–H groups in total. The first-order chi connectivity index (χ1) is 9.74. The van der Waals surface area contributed by atoms with Gasteiger partial charge in [0.2, 0.25) is 5.91 Å². The van der Waals surface area contributed by atoms with E-state index in [0.717, 1.165) is 11.3 Å². The number of hydrogen-bond acceptors (Lipinski definition) is 2. The molecule has 0 saturated heterocycles. The Hall–Kier alpha value is -2.42. The number of carbonyl (C=O) groups is 1. The molecule has 1 aromatic rings. The minimum Gasteiger partial charge on any atom is -0.324 e. The normalized spacial score (nSPS) is 23.1. The van der Waals surface area contributed by atoms with Gasteiger partial charge < -0.3 is 5.32 Å². The number of aliphatic imine (C=N–C) groups is 1. The van der Waals surface area contributed by atoms with E-state index in [-0.39, 0.29) is 11.8 Å². The number of nitrogens with zero attached hydrogens (tertiary/aromatic N) is 1. The van der Waals surface area contributed by atoms with Crippen molar-refractivity contribution in [1.29, 1.82) is 0 Å². The molecule has 3 heteroatoms. The Morgan fingerprint density at radius 1 is 1.20 bits per heavy atom. The van der Waals surface area contributed by atoms with Crippen LogP contribution in [0.3, 0.4) is 0 Å². The minimum absolute atomic E-state index is 0.0375. The quantitative estimate of drug-likeness (QED) is 0.876. The predicted molar refractivity (Wildman–Crippen MR) is 81.9 cm³/mol. The van der Waals surface area contributed by atoms with Crippen LogP contribution in [0.25, 0.3) is 0 Å². The van der Waals surface area contributed by atoms with Crippen molar-refractivity contribution < 1.29 is 4.79 Å². The molecule has 1 heterocycles. The van der Waals surface area contributed by atoms with Crippen molar-refractivity contribution in [1.82, 2.24) is 0 Å². The Morgan fingerprint density at radius 2 is 2.00 bits per heavy atom. The minimum atomic E-state index is -0.391. The zero-order valence-electron chi connectivity index (χ0n) is 11.3. The fourth-order valence-corrected chi connectivity index (χ4v) is 2.43. The maximum absolute atomic E-state index is 12.4. The van der Waals surface area contributed by atoms with E-state index in [4.69, 9.17) is 0 Å². The Morgan fingerprint density at radius 3 is 2.80 bits per heavy atom. The lowest BCUT2D eigenvalue weighted by Gasteiger charge is -2.25. The molecule has 20 heavy (non-hydrogen) atoms. The first-order valence-electron chi connectivity index (χ1n) is 6.70. The van der Waals surface area contributed by atoms with Crippen LogP contribution in [-0.4, -0.2) is 18.2 Å². The number of benzene rings is 1. The highest BCUT2D eigenvalue weighted by Gasteiger charge is 2.30. The summed E-state index contributed by atoms with van der Waals surface area (Å²) in [6, 6.07) is 7.39. The van der Waals surface area contributed by atoms with Gasteiger partial charge in [-0.1, -0.05) is 42.0 Å². The summed E-state index contributed by atoms with van der Waals surface area (Å²) in [5.41, 5.74) is 3.11. The average molecular weight is 264 g/mol. The van der Waals surface area contributed by atoms with Crippen LogP contribution in [0.5, 0.6) is 0 Å². The van der Waals surface area contributed by atoms with Crippen molar-refractivity contribution in [2.24, 2.45) is 10.9 Å². The second-order valence-corrected chi connectivity index (χ2v) is 5.03.